The molecule has 2 aliphatic carbocycles. The Hall–Kier alpha value is -0.120. The molecule has 16 heavy (non-hydrogen) atoms. The molecule has 1 heterocycles. The summed E-state index contributed by atoms with van der Waals surface area (Å²) in [5.41, 5.74) is 0. The van der Waals surface area contributed by atoms with Crippen LogP contribution in [-0.2, 0) is 4.74 Å². The van der Waals surface area contributed by atoms with Gasteiger partial charge in [-0.05, 0) is 50.5 Å². The van der Waals surface area contributed by atoms with E-state index in [1.165, 1.54) is 38.6 Å². The van der Waals surface area contributed by atoms with E-state index in [2.05, 4.69) is 10.6 Å². The lowest BCUT2D eigenvalue weighted by molar-refractivity contribution is 0.0738. The second kappa shape index (κ2) is 5.03. The van der Waals surface area contributed by atoms with Gasteiger partial charge in [0.15, 0.2) is 0 Å². The standard InChI is InChI=1S/C13H24N2O/c1-2-10(1)13(11-3-4-11)15-6-5-12-9-16-8-7-14-12/h10-15H,1-9H2. The highest BCUT2D eigenvalue weighted by atomic mass is 16.5. The topological polar surface area (TPSA) is 33.3 Å². The second-order valence-electron chi connectivity index (χ2n) is 5.67. The molecule has 0 spiro atoms. The molecule has 3 rings (SSSR count). The van der Waals surface area contributed by atoms with Crippen molar-refractivity contribution in [2.75, 3.05) is 26.3 Å². The number of nitrogens with one attached hydrogen (secondary N) is 2. The molecule has 1 atom stereocenters. The molecule has 2 N–H and O–H groups in total. The molecule has 1 unspecified atom stereocenters. The van der Waals surface area contributed by atoms with Crippen LogP contribution >= 0.6 is 0 Å². The third-order valence-electron chi connectivity index (χ3n) is 4.13. The van der Waals surface area contributed by atoms with Gasteiger partial charge in [0.05, 0.1) is 13.2 Å². The quantitative estimate of drug-likeness (QED) is 0.710. The van der Waals surface area contributed by atoms with Gasteiger partial charge in [0.2, 0.25) is 0 Å². The average Bonchev–Trinajstić information content (AvgIpc) is 3.17. The second-order valence-corrected chi connectivity index (χ2v) is 5.67. The van der Waals surface area contributed by atoms with Gasteiger partial charge in [0.25, 0.3) is 0 Å². The first kappa shape index (κ1) is 11.0. The van der Waals surface area contributed by atoms with Gasteiger partial charge in [-0.2, -0.15) is 0 Å². The average molecular weight is 224 g/mol. The van der Waals surface area contributed by atoms with Crippen molar-refractivity contribution in [2.24, 2.45) is 11.8 Å². The van der Waals surface area contributed by atoms with Crippen molar-refractivity contribution < 1.29 is 4.74 Å². The Labute approximate surface area is 98.3 Å². The van der Waals surface area contributed by atoms with Crippen molar-refractivity contribution in [3.05, 3.63) is 0 Å². The SMILES string of the molecule is C1COCC(CCNC(C2CC2)C2CC2)N1. The lowest BCUT2D eigenvalue weighted by atomic mass is 10.1. The van der Waals surface area contributed by atoms with Crippen LogP contribution in [0.25, 0.3) is 0 Å². The minimum atomic E-state index is 0.584. The Balaban J connectivity index is 1.34. The number of hydrogen-bond acceptors (Lipinski definition) is 3. The van der Waals surface area contributed by atoms with Gasteiger partial charge in [-0.25, -0.2) is 0 Å². The summed E-state index contributed by atoms with van der Waals surface area (Å²) < 4.78 is 5.47. The minimum Gasteiger partial charge on any atom is -0.379 e. The first-order chi connectivity index (χ1) is 7.93. The molecule has 0 aromatic rings. The van der Waals surface area contributed by atoms with E-state index < -0.39 is 0 Å². The minimum absolute atomic E-state index is 0.584. The van der Waals surface area contributed by atoms with E-state index in [0.717, 1.165) is 37.6 Å². The van der Waals surface area contributed by atoms with Crippen LogP contribution in [0.4, 0.5) is 0 Å². The van der Waals surface area contributed by atoms with Gasteiger partial charge in [0, 0.05) is 18.6 Å². The maximum absolute atomic E-state index is 5.47. The first-order valence-corrected chi connectivity index (χ1v) is 6.98. The summed E-state index contributed by atoms with van der Waals surface area (Å²) in [6.45, 7) is 3.98. The molecule has 2 saturated carbocycles. The maximum atomic E-state index is 5.47. The van der Waals surface area contributed by atoms with Crippen molar-refractivity contribution in [3.63, 3.8) is 0 Å². The molecule has 0 amide bonds. The van der Waals surface area contributed by atoms with Crippen LogP contribution < -0.4 is 10.6 Å². The Morgan fingerprint density at radius 3 is 2.50 bits per heavy atom. The number of rotatable bonds is 6. The number of morpholine rings is 1. The summed E-state index contributed by atoms with van der Waals surface area (Å²) in [7, 11) is 0. The Morgan fingerprint density at radius 2 is 1.94 bits per heavy atom. The van der Waals surface area contributed by atoms with Crippen LogP contribution in [0.3, 0.4) is 0 Å². The van der Waals surface area contributed by atoms with Crippen LogP contribution in [0.15, 0.2) is 0 Å². The van der Waals surface area contributed by atoms with Gasteiger partial charge in [-0.3, -0.25) is 0 Å². The summed E-state index contributed by atoms with van der Waals surface area (Å²) in [5, 5.41) is 7.31. The van der Waals surface area contributed by atoms with Gasteiger partial charge in [-0.15, -0.1) is 0 Å². The highest BCUT2D eigenvalue weighted by Gasteiger charge is 2.40. The molecule has 1 aliphatic heterocycles. The molecular weight excluding hydrogens is 200 g/mol. The smallest absolute Gasteiger partial charge is 0.0620 e. The van der Waals surface area contributed by atoms with Crippen molar-refractivity contribution >= 4 is 0 Å². The molecule has 3 aliphatic rings. The van der Waals surface area contributed by atoms with E-state index in [4.69, 9.17) is 4.74 Å². The van der Waals surface area contributed by atoms with Crippen LogP contribution in [0.5, 0.6) is 0 Å². The fourth-order valence-corrected chi connectivity index (χ4v) is 2.86. The van der Waals surface area contributed by atoms with Crippen molar-refractivity contribution in [2.45, 2.75) is 44.2 Å². The van der Waals surface area contributed by atoms with Gasteiger partial charge in [-0.1, -0.05) is 0 Å². The Bertz CT molecular complexity index is 208. The summed E-state index contributed by atoms with van der Waals surface area (Å²) in [5.74, 6) is 2.03. The summed E-state index contributed by atoms with van der Waals surface area (Å²) in [6, 6.07) is 1.44. The summed E-state index contributed by atoms with van der Waals surface area (Å²) in [4.78, 5) is 0. The zero-order chi connectivity index (χ0) is 10.8. The molecule has 92 valence electrons. The fraction of sp³-hybridized carbons (Fsp3) is 1.00. The zero-order valence-electron chi connectivity index (χ0n) is 10.1. The lowest BCUT2D eigenvalue weighted by Crippen LogP contribution is -2.44. The normalized spacial score (nSPS) is 30.9. The lowest BCUT2D eigenvalue weighted by Gasteiger charge is -2.25. The maximum Gasteiger partial charge on any atom is 0.0620 e. The van der Waals surface area contributed by atoms with E-state index in [9.17, 15) is 0 Å². The molecule has 0 aromatic carbocycles. The van der Waals surface area contributed by atoms with Gasteiger partial charge in [0.1, 0.15) is 0 Å². The van der Waals surface area contributed by atoms with Crippen LogP contribution in [0.2, 0.25) is 0 Å². The predicted molar refractivity (Wildman–Crippen MR) is 64.5 cm³/mol. The van der Waals surface area contributed by atoms with Crippen molar-refractivity contribution in [1.29, 1.82) is 0 Å². The first-order valence-electron chi connectivity index (χ1n) is 6.98. The van der Waals surface area contributed by atoms with E-state index >= 15 is 0 Å². The Kier molecular flexibility index (Phi) is 3.46. The highest BCUT2D eigenvalue weighted by molar-refractivity contribution is 4.96. The summed E-state index contributed by atoms with van der Waals surface area (Å²) in [6.07, 6.45) is 7.10. The molecule has 1 saturated heterocycles. The van der Waals surface area contributed by atoms with Crippen LogP contribution in [0, 0.1) is 11.8 Å². The van der Waals surface area contributed by atoms with Gasteiger partial charge >= 0.3 is 0 Å². The predicted octanol–water partition coefficient (Wildman–Crippen LogP) is 1.14. The highest BCUT2D eigenvalue weighted by Crippen LogP contribution is 2.44. The van der Waals surface area contributed by atoms with E-state index in [1.54, 1.807) is 0 Å². The largest absolute Gasteiger partial charge is 0.379 e. The van der Waals surface area contributed by atoms with Crippen molar-refractivity contribution in [1.82, 2.24) is 10.6 Å². The third kappa shape index (κ3) is 2.96. The summed E-state index contributed by atoms with van der Waals surface area (Å²) >= 11 is 0. The molecule has 3 heteroatoms. The third-order valence-corrected chi connectivity index (χ3v) is 4.13. The number of ether oxygens (including phenoxy) is 1. The van der Waals surface area contributed by atoms with E-state index in [-0.39, 0.29) is 0 Å². The molecule has 0 radical (unpaired) electrons. The Morgan fingerprint density at radius 1 is 1.19 bits per heavy atom. The molecule has 0 aromatic heterocycles. The van der Waals surface area contributed by atoms with Crippen LogP contribution in [0.1, 0.15) is 32.1 Å². The van der Waals surface area contributed by atoms with Gasteiger partial charge < -0.3 is 15.4 Å². The molecule has 3 nitrogen and oxygen atoms in total. The molecule has 0 bridgehead atoms. The monoisotopic (exact) mass is 224 g/mol. The van der Waals surface area contributed by atoms with Crippen molar-refractivity contribution in [3.8, 4) is 0 Å². The number of hydrogen-bond donors (Lipinski definition) is 2. The van der Waals surface area contributed by atoms with Crippen LogP contribution in [-0.4, -0.2) is 38.4 Å². The van der Waals surface area contributed by atoms with E-state index in [0.29, 0.717) is 6.04 Å². The van der Waals surface area contributed by atoms with E-state index in [1.807, 2.05) is 0 Å². The molecular formula is C13H24N2O. The fourth-order valence-electron chi connectivity index (χ4n) is 2.86. The molecule has 3 fully saturated rings. The zero-order valence-corrected chi connectivity index (χ0v) is 10.1.